The first-order valence-electron chi connectivity index (χ1n) is 7.85. The summed E-state index contributed by atoms with van der Waals surface area (Å²) in [5, 5.41) is 8.16. The molecule has 2 aromatic carbocycles. The Morgan fingerprint density at radius 3 is 2.33 bits per heavy atom. The molecule has 0 bridgehead atoms. The molecule has 0 aliphatic heterocycles. The number of benzene rings is 2. The Hall–Kier alpha value is -1.78. The maximum absolute atomic E-state index is 12.3. The molecule has 0 spiro atoms. The van der Waals surface area contributed by atoms with Gasteiger partial charge in [-0.25, -0.2) is 0 Å². The van der Waals surface area contributed by atoms with E-state index in [0.717, 1.165) is 34.6 Å². The fraction of sp³-hybridized carbons (Fsp3) is 0.263. The number of rotatable bonds is 8. The third kappa shape index (κ3) is 6.02. The highest BCUT2D eigenvalue weighted by molar-refractivity contribution is 8.13. The predicted octanol–water partition coefficient (Wildman–Crippen LogP) is 4.60. The van der Waals surface area contributed by atoms with Gasteiger partial charge in [0.2, 0.25) is 0 Å². The Morgan fingerprint density at radius 2 is 1.67 bits per heavy atom. The molecule has 0 fully saturated rings. The zero-order valence-electron chi connectivity index (χ0n) is 13.4. The van der Waals surface area contributed by atoms with Crippen molar-refractivity contribution in [3.8, 4) is 0 Å². The number of carbonyl (C=O) groups is 1. The van der Waals surface area contributed by atoms with Crippen LogP contribution in [0.3, 0.4) is 0 Å². The molecular formula is C19H21ClN2OS. The molecule has 0 heterocycles. The van der Waals surface area contributed by atoms with Crippen LogP contribution in [0.25, 0.3) is 0 Å². The summed E-state index contributed by atoms with van der Waals surface area (Å²) in [6.07, 6.45) is 2.58. The molecule has 0 radical (unpaired) electrons. The topological polar surface area (TPSA) is 66.9 Å². The number of hydrogen-bond acceptors (Lipinski definition) is 3. The standard InChI is InChI=1S/C19H21ClN2OS/c20-18-11-4-3-6-14(18)9-5-10-17(23)12-15-7-1-2-8-16(15)13-24-19(21)22/h1-4,6-8,11H,5,9-10,12-13H2,(H3,21,22). The predicted molar refractivity (Wildman–Crippen MR) is 103 cm³/mol. The molecule has 126 valence electrons. The van der Waals surface area contributed by atoms with E-state index in [2.05, 4.69) is 0 Å². The van der Waals surface area contributed by atoms with Gasteiger partial charge in [0.1, 0.15) is 5.78 Å². The van der Waals surface area contributed by atoms with Gasteiger partial charge >= 0.3 is 0 Å². The van der Waals surface area contributed by atoms with Gasteiger partial charge in [-0.05, 0) is 35.6 Å². The number of nitrogens with two attached hydrogens (primary N) is 1. The Morgan fingerprint density at radius 1 is 1.04 bits per heavy atom. The number of hydrogen-bond donors (Lipinski definition) is 2. The van der Waals surface area contributed by atoms with E-state index >= 15 is 0 Å². The van der Waals surface area contributed by atoms with Crippen molar-refractivity contribution >= 4 is 34.3 Å². The van der Waals surface area contributed by atoms with E-state index in [1.165, 1.54) is 11.8 Å². The summed E-state index contributed by atoms with van der Waals surface area (Å²) in [5.74, 6) is 0.848. The molecule has 24 heavy (non-hydrogen) atoms. The largest absolute Gasteiger partial charge is 0.379 e. The summed E-state index contributed by atoms with van der Waals surface area (Å²) in [7, 11) is 0. The number of amidine groups is 1. The van der Waals surface area contributed by atoms with Gasteiger partial charge in [-0.1, -0.05) is 65.8 Å². The second kappa shape index (κ2) is 9.50. The van der Waals surface area contributed by atoms with E-state index < -0.39 is 0 Å². The van der Waals surface area contributed by atoms with Gasteiger partial charge in [0, 0.05) is 23.6 Å². The van der Waals surface area contributed by atoms with Crippen LogP contribution >= 0.6 is 23.4 Å². The van der Waals surface area contributed by atoms with Crippen LogP contribution in [-0.2, 0) is 23.4 Å². The summed E-state index contributed by atoms with van der Waals surface area (Å²) in [6.45, 7) is 0. The van der Waals surface area contributed by atoms with E-state index in [-0.39, 0.29) is 11.0 Å². The van der Waals surface area contributed by atoms with Gasteiger partial charge in [-0.3, -0.25) is 10.2 Å². The Balaban J connectivity index is 1.86. The number of ketones is 1. The normalized spacial score (nSPS) is 10.5. The minimum absolute atomic E-state index is 0.0934. The second-order valence-corrected chi connectivity index (χ2v) is 7.01. The minimum atomic E-state index is 0.0934. The molecule has 2 rings (SSSR count). The van der Waals surface area contributed by atoms with E-state index in [9.17, 15) is 4.79 Å². The van der Waals surface area contributed by atoms with E-state index in [0.29, 0.717) is 18.6 Å². The Labute approximate surface area is 152 Å². The second-order valence-electron chi connectivity index (χ2n) is 5.58. The first-order chi connectivity index (χ1) is 11.6. The molecule has 0 unspecified atom stereocenters. The van der Waals surface area contributed by atoms with Crippen LogP contribution in [0, 0.1) is 5.41 Å². The lowest BCUT2D eigenvalue weighted by Crippen LogP contribution is -2.07. The van der Waals surface area contributed by atoms with Gasteiger partial charge < -0.3 is 5.73 Å². The lowest BCUT2D eigenvalue weighted by molar-refractivity contribution is -0.118. The third-order valence-electron chi connectivity index (χ3n) is 3.75. The van der Waals surface area contributed by atoms with Gasteiger partial charge in [0.25, 0.3) is 0 Å². The van der Waals surface area contributed by atoms with Crippen LogP contribution < -0.4 is 5.73 Å². The van der Waals surface area contributed by atoms with Crippen molar-refractivity contribution in [1.82, 2.24) is 0 Å². The lowest BCUT2D eigenvalue weighted by Gasteiger charge is -2.09. The van der Waals surface area contributed by atoms with Crippen LogP contribution in [0.1, 0.15) is 29.5 Å². The first kappa shape index (κ1) is 18.6. The monoisotopic (exact) mass is 360 g/mol. The zero-order chi connectivity index (χ0) is 17.4. The molecule has 0 amide bonds. The SMILES string of the molecule is N=C(N)SCc1ccccc1CC(=O)CCCc1ccccc1Cl. The molecule has 0 atom stereocenters. The number of carbonyl (C=O) groups excluding carboxylic acids is 1. The van der Waals surface area contributed by atoms with E-state index in [1.54, 1.807) is 0 Å². The number of aryl methyl sites for hydroxylation is 1. The van der Waals surface area contributed by atoms with Crippen LogP contribution in [0.4, 0.5) is 0 Å². The summed E-state index contributed by atoms with van der Waals surface area (Å²) in [5.41, 5.74) is 8.57. The molecule has 2 aromatic rings. The maximum atomic E-state index is 12.3. The molecular weight excluding hydrogens is 340 g/mol. The minimum Gasteiger partial charge on any atom is -0.379 e. The Kier molecular flexibility index (Phi) is 7.35. The van der Waals surface area contributed by atoms with Crippen LogP contribution in [0.2, 0.25) is 5.02 Å². The summed E-state index contributed by atoms with van der Waals surface area (Å²) >= 11 is 7.41. The number of thioether (sulfide) groups is 1. The molecule has 3 N–H and O–H groups in total. The van der Waals surface area contributed by atoms with E-state index in [4.69, 9.17) is 22.7 Å². The molecule has 0 aliphatic rings. The smallest absolute Gasteiger partial charge is 0.151 e. The van der Waals surface area contributed by atoms with Gasteiger partial charge in [-0.15, -0.1) is 0 Å². The van der Waals surface area contributed by atoms with Crippen molar-refractivity contribution in [2.24, 2.45) is 5.73 Å². The van der Waals surface area contributed by atoms with Crippen molar-refractivity contribution in [3.05, 3.63) is 70.2 Å². The molecule has 0 aliphatic carbocycles. The summed E-state index contributed by atoms with van der Waals surface area (Å²) in [4.78, 5) is 12.3. The van der Waals surface area contributed by atoms with Gasteiger partial charge in [0.05, 0.1) is 0 Å². The fourth-order valence-corrected chi connectivity index (χ4v) is 3.33. The summed E-state index contributed by atoms with van der Waals surface area (Å²) < 4.78 is 0. The van der Waals surface area contributed by atoms with Gasteiger partial charge in [0.15, 0.2) is 5.17 Å². The quantitative estimate of drug-likeness (QED) is 0.534. The average Bonchev–Trinajstić information content (AvgIpc) is 2.56. The van der Waals surface area contributed by atoms with Crippen molar-refractivity contribution in [1.29, 1.82) is 5.41 Å². The average molecular weight is 361 g/mol. The fourth-order valence-electron chi connectivity index (χ4n) is 2.50. The molecule has 0 saturated heterocycles. The third-order valence-corrected chi connectivity index (χ3v) is 4.88. The van der Waals surface area contributed by atoms with Crippen molar-refractivity contribution in [2.75, 3.05) is 0 Å². The van der Waals surface area contributed by atoms with Crippen molar-refractivity contribution in [2.45, 2.75) is 31.4 Å². The molecule has 5 heteroatoms. The van der Waals surface area contributed by atoms with Gasteiger partial charge in [-0.2, -0.15) is 0 Å². The number of halogens is 1. The van der Waals surface area contributed by atoms with Crippen molar-refractivity contribution < 1.29 is 4.79 Å². The summed E-state index contributed by atoms with van der Waals surface area (Å²) in [6, 6.07) is 15.6. The van der Waals surface area contributed by atoms with Crippen molar-refractivity contribution in [3.63, 3.8) is 0 Å². The highest BCUT2D eigenvalue weighted by Crippen LogP contribution is 2.19. The van der Waals surface area contributed by atoms with Crippen LogP contribution in [0.15, 0.2) is 48.5 Å². The molecule has 0 aromatic heterocycles. The Bertz CT molecular complexity index is 718. The first-order valence-corrected chi connectivity index (χ1v) is 9.21. The maximum Gasteiger partial charge on any atom is 0.151 e. The van der Waals surface area contributed by atoms with E-state index in [1.807, 2.05) is 48.5 Å². The zero-order valence-corrected chi connectivity index (χ0v) is 15.0. The number of nitrogens with one attached hydrogen (secondary N) is 1. The highest BCUT2D eigenvalue weighted by atomic mass is 35.5. The number of Topliss-reactive ketones (excluding diaryl/α,β-unsaturated/α-hetero) is 1. The molecule has 3 nitrogen and oxygen atoms in total. The lowest BCUT2D eigenvalue weighted by atomic mass is 9.99. The highest BCUT2D eigenvalue weighted by Gasteiger charge is 2.09. The molecule has 0 saturated carbocycles. The van der Waals surface area contributed by atoms with Crippen LogP contribution in [-0.4, -0.2) is 11.0 Å². The van der Waals surface area contributed by atoms with Crippen LogP contribution in [0.5, 0.6) is 0 Å².